The predicted molar refractivity (Wildman–Crippen MR) is 50.3 cm³/mol. The summed E-state index contributed by atoms with van der Waals surface area (Å²) in [6.45, 7) is 1.87. The molecular formula is C10H12FNO2. The van der Waals surface area contributed by atoms with Gasteiger partial charge in [-0.2, -0.15) is 0 Å². The Kier molecular flexibility index (Phi) is 3.19. The number of aryl methyl sites for hydroxylation is 1. The molecule has 0 unspecified atom stereocenters. The van der Waals surface area contributed by atoms with Crippen molar-refractivity contribution in [1.82, 2.24) is 0 Å². The van der Waals surface area contributed by atoms with Crippen LogP contribution in [0.25, 0.3) is 0 Å². The van der Waals surface area contributed by atoms with Crippen molar-refractivity contribution in [3.63, 3.8) is 0 Å². The van der Waals surface area contributed by atoms with Crippen molar-refractivity contribution in [3.8, 4) is 0 Å². The zero-order valence-electron chi connectivity index (χ0n) is 7.83. The first kappa shape index (κ1) is 10.7. The normalized spacial score (nSPS) is 12.5. The highest BCUT2D eigenvalue weighted by atomic mass is 19.1. The molecule has 0 saturated heterocycles. The molecule has 3 N–H and O–H groups in total. The van der Waals surface area contributed by atoms with Crippen LogP contribution < -0.4 is 5.73 Å². The van der Waals surface area contributed by atoms with E-state index in [-0.39, 0.29) is 0 Å². The third kappa shape index (κ3) is 2.09. The van der Waals surface area contributed by atoms with E-state index >= 15 is 0 Å². The molecule has 4 heteroatoms. The summed E-state index contributed by atoms with van der Waals surface area (Å²) in [6.07, 6.45) is 0.636. The third-order valence-corrected chi connectivity index (χ3v) is 2.09. The predicted octanol–water partition coefficient (Wildman–Crippen LogP) is 1.47. The standard InChI is InChI=1S/C10H12FNO2/c1-2-6-3-4-7(11)5-8(6)9(12)10(13)14/h3-5,9H,2,12H2,1H3,(H,13,14)/t9-/m0/s1. The maximum absolute atomic E-state index is 12.9. The molecule has 1 aromatic carbocycles. The van der Waals surface area contributed by atoms with Crippen molar-refractivity contribution in [2.24, 2.45) is 5.73 Å². The second-order valence-electron chi connectivity index (χ2n) is 3.01. The Morgan fingerprint density at radius 1 is 1.64 bits per heavy atom. The van der Waals surface area contributed by atoms with Crippen LogP contribution in [-0.2, 0) is 11.2 Å². The molecule has 0 saturated carbocycles. The summed E-state index contributed by atoms with van der Waals surface area (Å²) in [5, 5.41) is 8.70. The second-order valence-corrected chi connectivity index (χ2v) is 3.01. The molecule has 0 bridgehead atoms. The molecule has 0 aromatic heterocycles. The zero-order chi connectivity index (χ0) is 10.7. The molecule has 0 aliphatic rings. The number of aliphatic carboxylic acids is 1. The average molecular weight is 197 g/mol. The lowest BCUT2D eigenvalue weighted by molar-refractivity contribution is -0.138. The minimum absolute atomic E-state index is 0.347. The number of halogens is 1. The molecule has 0 spiro atoms. The Morgan fingerprint density at radius 3 is 2.79 bits per heavy atom. The summed E-state index contributed by atoms with van der Waals surface area (Å²) >= 11 is 0. The Morgan fingerprint density at radius 2 is 2.29 bits per heavy atom. The number of hydrogen-bond donors (Lipinski definition) is 2. The molecule has 14 heavy (non-hydrogen) atoms. The van der Waals surface area contributed by atoms with Crippen molar-refractivity contribution in [2.75, 3.05) is 0 Å². The summed E-state index contributed by atoms with van der Waals surface area (Å²) in [6, 6.07) is 2.89. The quantitative estimate of drug-likeness (QED) is 0.771. The highest BCUT2D eigenvalue weighted by Crippen LogP contribution is 2.18. The Labute approximate surface area is 81.4 Å². The average Bonchev–Trinajstić information content (AvgIpc) is 2.16. The highest BCUT2D eigenvalue weighted by Gasteiger charge is 2.17. The number of carbonyl (C=O) groups is 1. The first-order chi connectivity index (χ1) is 6.56. The summed E-state index contributed by atoms with van der Waals surface area (Å²) in [5.41, 5.74) is 6.53. The van der Waals surface area contributed by atoms with Crippen molar-refractivity contribution >= 4 is 5.97 Å². The number of benzene rings is 1. The smallest absolute Gasteiger partial charge is 0.325 e. The van der Waals surface area contributed by atoms with E-state index < -0.39 is 17.8 Å². The number of nitrogens with two attached hydrogens (primary N) is 1. The van der Waals surface area contributed by atoms with E-state index in [0.29, 0.717) is 12.0 Å². The Bertz CT molecular complexity index is 352. The first-order valence-corrected chi connectivity index (χ1v) is 4.33. The van der Waals surface area contributed by atoms with Crippen molar-refractivity contribution in [2.45, 2.75) is 19.4 Å². The van der Waals surface area contributed by atoms with Gasteiger partial charge in [0.15, 0.2) is 0 Å². The fraction of sp³-hybridized carbons (Fsp3) is 0.300. The van der Waals surface area contributed by atoms with Gasteiger partial charge in [0.1, 0.15) is 11.9 Å². The number of hydrogen-bond acceptors (Lipinski definition) is 2. The summed E-state index contributed by atoms with van der Waals surface area (Å²) in [5.74, 6) is -1.61. The van der Waals surface area contributed by atoms with Crippen LogP contribution in [0, 0.1) is 5.82 Å². The van der Waals surface area contributed by atoms with Gasteiger partial charge in [0.2, 0.25) is 0 Å². The minimum Gasteiger partial charge on any atom is -0.480 e. The van der Waals surface area contributed by atoms with E-state index in [1.54, 1.807) is 6.07 Å². The molecule has 0 amide bonds. The molecule has 0 heterocycles. The van der Waals surface area contributed by atoms with E-state index in [4.69, 9.17) is 10.8 Å². The number of carboxylic acid groups (broad SMARTS) is 1. The lowest BCUT2D eigenvalue weighted by Gasteiger charge is -2.11. The highest BCUT2D eigenvalue weighted by molar-refractivity contribution is 5.75. The molecule has 76 valence electrons. The second kappa shape index (κ2) is 4.19. The largest absolute Gasteiger partial charge is 0.480 e. The Hall–Kier alpha value is -1.42. The molecule has 1 atom stereocenters. The molecule has 0 aliphatic carbocycles. The van der Waals surface area contributed by atoms with Crippen LogP contribution in [0.5, 0.6) is 0 Å². The number of carboxylic acids is 1. The van der Waals surface area contributed by atoms with Crippen LogP contribution in [0.3, 0.4) is 0 Å². The molecule has 0 aliphatic heterocycles. The van der Waals surface area contributed by atoms with Gasteiger partial charge in [-0.25, -0.2) is 4.39 Å². The van der Waals surface area contributed by atoms with Gasteiger partial charge in [-0.3, -0.25) is 4.79 Å². The van der Waals surface area contributed by atoms with Gasteiger partial charge in [-0.05, 0) is 29.7 Å². The minimum atomic E-state index is -1.15. The van der Waals surface area contributed by atoms with Crippen molar-refractivity contribution < 1.29 is 14.3 Å². The fourth-order valence-corrected chi connectivity index (χ4v) is 1.31. The maximum atomic E-state index is 12.9. The summed E-state index contributed by atoms with van der Waals surface area (Å²) < 4.78 is 12.9. The van der Waals surface area contributed by atoms with Crippen LogP contribution >= 0.6 is 0 Å². The molecule has 0 fully saturated rings. The molecular weight excluding hydrogens is 185 g/mol. The monoisotopic (exact) mass is 197 g/mol. The summed E-state index contributed by atoms with van der Waals surface area (Å²) in [7, 11) is 0. The molecule has 1 rings (SSSR count). The zero-order valence-corrected chi connectivity index (χ0v) is 7.83. The van der Waals surface area contributed by atoms with E-state index in [2.05, 4.69) is 0 Å². The van der Waals surface area contributed by atoms with Gasteiger partial charge >= 0.3 is 5.97 Å². The third-order valence-electron chi connectivity index (χ3n) is 2.09. The van der Waals surface area contributed by atoms with Gasteiger partial charge in [-0.1, -0.05) is 13.0 Å². The van der Waals surface area contributed by atoms with E-state index in [1.165, 1.54) is 12.1 Å². The lowest BCUT2D eigenvalue weighted by atomic mass is 9.99. The van der Waals surface area contributed by atoms with Gasteiger partial charge in [0.25, 0.3) is 0 Å². The van der Waals surface area contributed by atoms with E-state index in [9.17, 15) is 9.18 Å². The SMILES string of the molecule is CCc1ccc(F)cc1[C@H](N)C(=O)O. The Balaban J connectivity index is 3.16. The summed E-state index contributed by atoms with van der Waals surface area (Å²) in [4.78, 5) is 10.6. The topological polar surface area (TPSA) is 63.3 Å². The molecule has 3 nitrogen and oxygen atoms in total. The van der Waals surface area contributed by atoms with Gasteiger partial charge in [-0.15, -0.1) is 0 Å². The van der Waals surface area contributed by atoms with Crippen molar-refractivity contribution in [3.05, 3.63) is 35.1 Å². The number of rotatable bonds is 3. The molecule has 0 radical (unpaired) electrons. The van der Waals surface area contributed by atoms with Crippen LogP contribution in [0.1, 0.15) is 24.1 Å². The van der Waals surface area contributed by atoms with Gasteiger partial charge in [0, 0.05) is 0 Å². The van der Waals surface area contributed by atoms with E-state index in [0.717, 1.165) is 5.56 Å². The molecule has 1 aromatic rings. The maximum Gasteiger partial charge on any atom is 0.325 e. The van der Waals surface area contributed by atoms with Crippen LogP contribution in [0.15, 0.2) is 18.2 Å². The van der Waals surface area contributed by atoms with Gasteiger partial charge in [0.05, 0.1) is 0 Å². The van der Waals surface area contributed by atoms with Crippen LogP contribution in [0.2, 0.25) is 0 Å². The lowest BCUT2D eigenvalue weighted by Crippen LogP contribution is -2.22. The first-order valence-electron chi connectivity index (χ1n) is 4.33. The van der Waals surface area contributed by atoms with Crippen molar-refractivity contribution in [1.29, 1.82) is 0 Å². The fourth-order valence-electron chi connectivity index (χ4n) is 1.31. The van der Waals surface area contributed by atoms with Crippen LogP contribution in [0.4, 0.5) is 4.39 Å². The van der Waals surface area contributed by atoms with Crippen LogP contribution in [-0.4, -0.2) is 11.1 Å². The van der Waals surface area contributed by atoms with Gasteiger partial charge < -0.3 is 10.8 Å². The van der Waals surface area contributed by atoms with E-state index in [1.807, 2.05) is 6.92 Å².